The van der Waals surface area contributed by atoms with Gasteiger partial charge >= 0.3 is 6.18 Å². The van der Waals surface area contributed by atoms with Crippen molar-refractivity contribution in [3.63, 3.8) is 0 Å². The zero-order valence-electron chi connectivity index (χ0n) is 19.8. The number of aromatic nitrogens is 3. The van der Waals surface area contributed by atoms with Gasteiger partial charge in [-0.3, -0.25) is 9.59 Å². The van der Waals surface area contributed by atoms with E-state index >= 15 is 0 Å². The molecule has 0 radical (unpaired) electrons. The highest BCUT2D eigenvalue weighted by Gasteiger charge is 2.36. The quantitative estimate of drug-likeness (QED) is 0.302. The molecular weight excluding hydrogens is 475 g/mol. The van der Waals surface area contributed by atoms with Crippen LogP contribution in [0.1, 0.15) is 60.6 Å². The number of alkyl halides is 3. The van der Waals surface area contributed by atoms with Gasteiger partial charge in [-0.1, -0.05) is 44.7 Å². The molecule has 11 heteroatoms. The second kappa shape index (κ2) is 12.2. The molecule has 0 unspecified atom stereocenters. The number of rotatable bonds is 12. The number of nitrogens with two attached hydrogens (primary N) is 1. The highest BCUT2D eigenvalue weighted by Crippen LogP contribution is 2.35. The van der Waals surface area contributed by atoms with Gasteiger partial charge in [0.15, 0.2) is 0 Å². The van der Waals surface area contributed by atoms with Crippen LogP contribution >= 0.6 is 0 Å². The molecule has 0 aliphatic carbocycles. The summed E-state index contributed by atoms with van der Waals surface area (Å²) in [5.41, 5.74) is 2.57. The van der Waals surface area contributed by atoms with E-state index in [9.17, 15) is 22.8 Å². The number of unbranched alkanes of at least 4 members (excludes halogenated alkanes) is 4. The summed E-state index contributed by atoms with van der Waals surface area (Å²) in [5, 5.41) is 3.18. The Kier molecular flexibility index (Phi) is 9.04. The van der Waals surface area contributed by atoms with Gasteiger partial charge in [-0.15, -0.1) is 0 Å². The van der Waals surface area contributed by atoms with E-state index in [1.165, 1.54) is 43.5 Å². The first-order valence-electron chi connectivity index (χ1n) is 11.6. The molecule has 0 aliphatic heterocycles. The van der Waals surface area contributed by atoms with Gasteiger partial charge < -0.3 is 20.8 Å². The Bertz CT molecular complexity index is 1210. The summed E-state index contributed by atoms with van der Waals surface area (Å²) in [6, 6.07) is 6.61. The maximum Gasteiger partial charge on any atom is 0.431 e. The van der Waals surface area contributed by atoms with Crippen molar-refractivity contribution >= 4 is 11.9 Å². The van der Waals surface area contributed by atoms with E-state index in [4.69, 9.17) is 10.5 Å². The molecule has 3 rings (SSSR count). The fourth-order valence-corrected chi connectivity index (χ4v) is 3.51. The molecule has 36 heavy (non-hydrogen) atoms. The molecule has 192 valence electrons. The minimum absolute atomic E-state index is 0.127. The Balaban J connectivity index is 1.62. The zero-order chi connectivity index (χ0) is 26.1. The summed E-state index contributed by atoms with van der Waals surface area (Å²) in [7, 11) is 0. The lowest BCUT2D eigenvalue weighted by Crippen LogP contribution is -2.27. The summed E-state index contributed by atoms with van der Waals surface area (Å²) in [5.74, 6) is -0.182. The van der Waals surface area contributed by atoms with E-state index in [0.29, 0.717) is 11.7 Å². The van der Waals surface area contributed by atoms with Crippen molar-refractivity contribution in [2.45, 2.75) is 51.8 Å². The topological polar surface area (TPSA) is 123 Å². The van der Waals surface area contributed by atoms with Crippen molar-refractivity contribution < 1.29 is 22.7 Å². The van der Waals surface area contributed by atoms with Gasteiger partial charge in [0, 0.05) is 30.1 Å². The molecule has 1 aromatic carbocycles. The number of nitrogens with one attached hydrogen (secondary N) is 2. The third kappa shape index (κ3) is 7.30. The second-order valence-corrected chi connectivity index (χ2v) is 8.23. The highest BCUT2D eigenvalue weighted by molar-refractivity contribution is 5.94. The van der Waals surface area contributed by atoms with Crippen molar-refractivity contribution in [1.29, 1.82) is 0 Å². The van der Waals surface area contributed by atoms with Crippen molar-refractivity contribution in [3.8, 4) is 16.9 Å². The molecule has 0 saturated heterocycles. The molecule has 2 aromatic heterocycles. The van der Waals surface area contributed by atoms with Gasteiger partial charge in [-0.2, -0.15) is 13.2 Å². The first-order valence-corrected chi connectivity index (χ1v) is 11.6. The zero-order valence-corrected chi connectivity index (χ0v) is 19.8. The molecule has 3 aromatic rings. The first kappa shape index (κ1) is 26.7. The van der Waals surface area contributed by atoms with Crippen LogP contribution in [0.2, 0.25) is 0 Å². The Morgan fingerprint density at radius 3 is 2.36 bits per heavy atom. The van der Waals surface area contributed by atoms with Crippen LogP contribution in [0.15, 0.2) is 47.5 Å². The lowest BCUT2D eigenvalue weighted by molar-refractivity contribution is -0.140. The van der Waals surface area contributed by atoms with Crippen LogP contribution < -0.4 is 21.3 Å². The lowest BCUT2D eigenvalue weighted by atomic mass is 10.0. The number of hydrogen-bond acceptors (Lipinski definition) is 6. The summed E-state index contributed by atoms with van der Waals surface area (Å²) in [6.07, 6.45) is 4.33. The van der Waals surface area contributed by atoms with Crippen molar-refractivity contribution in [2.75, 3.05) is 11.9 Å². The molecule has 8 nitrogen and oxygen atoms in total. The average molecular weight is 504 g/mol. The molecule has 1 amide bonds. The van der Waals surface area contributed by atoms with Gasteiger partial charge in [0.1, 0.15) is 23.6 Å². The summed E-state index contributed by atoms with van der Waals surface area (Å²) in [6.45, 7) is 3.14. The molecule has 0 bridgehead atoms. The van der Waals surface area contributed by atoms with Crippen LogP contribution in [0.3, 0.4) is 0 Å². The fraction of sp³-hybridized carbons (Fsp3) is 0.360. The standard InChI is InChI=1S/C25H28F3N5O3/c1-2-3-4-5-6-11-30-24-31-13-16(14-32-24)15-36-18-9-7-17(8-10-18)19-12-20(22(29)34)23(35)33-21(19)25(26,27)28/h7-10,12-14H,2-6,11,15H2,1H3,(H2,29,34)(H,33,35)(H,30,31,32). The monoisotopic (exact) mass is 503 g/mol. The van der Waals surface area contributed by atoms with Crippen LogP contribution in [0.25, 0.3) is 11.1 Å². The number of amides is 1. The number of H-pyrrole nitrogens is 1. The van der Waals surface area contributed by atoms with Crippen LogP contribution in [0.5, 0.6) is 5.75 Å². The van der Waals surface area contributed by atoms with Gasteiger partial charge in [-0.05, 0) is 30.2 Å². The number of nitrogens with zero attached hydrogens (tertiary/aromatic N) is 2. The van der Waals surface area contributed by atoms with Crippen molar-refractivity contribution in [1.82, 2.24) is 15.0 Å². The maximum absolute atomic E-state index is 13.5. The van der Waals surface area contributed by atoms with Crippen LogP contribution in [-0.4, -0.2) is 27.4 Å². The Hall–Kier alpha value is -3.89. The predicted molar refractivity (Wildman–Crippen MR) is 130 cm³/mol. The molecule has 0 fully saturated rings. The van der Waals surface area contributed by atoms with E-state index in [0.717, 1.165) is 31.0 Å². The largest absolute Gasteiger partial charge is 0.489 e. The van der Waals surface area contributed by atoms with Gasteiger partial charge in [0.05, 0.1) is 0 Å². The normalized spacial score (nSPS) is 11.3. The van der Waals surface area contributed by atoms with Crippen molar-refractivity contribution in [2.24, 2.45) is 5.73 Å². The van der Waals surface area contributed by atoms with Gasteiger partial charge in [0.25, 0.3) is 11.5 Å². The number of aromatic amines is 1. The average Bonchev–Trinajstić information content (AvgIpc) is 2.85. The maximum atomic E-state index is 13.5. The number of pyridine rings is 1. The van der Waals surface area contributed by atoms with Gasteiger partial charge in [0.2, 0.25) is 5.95 Å². The number of benzene rings is 1. The highest BCUT2D eigenvalue weighted by atomic mass is 19.4. The Morgan fingerprint density at radius 1 is 1.08 bits per heavy atom. The smallest absolute Gasteiger partial charge is 0.431 e. The third-order valence-electron chi connectivity index (χ3n) is 5.43. The summed E-state index contributed by atoms with van der Waals surface area (Å²) in [4.78, 5) is 33.5. The number of primary amides is 1. The molecule has 0 spiro atoms. The summed E-state index contributed by atoms with van der Waals surface area (Å²) >= 11 is 0. The van der Waals surface area contributed by atoms with Crippen LogP contribution in [-0.2, 0) is 12.8 Å². The van der Waals surface area contributed by atoms with E-state index in [1.807, 2.05) is 0 Å². The Labute approximate surface area is 206 Å². The summed E-state index contributed by atoms with van der Waals surface area (Å²) < 4.78 is 46.1. The minimum Gasteiger partial charge on any atom is -0.489 e. The van der Waals surface area contributed by atoms with E-state index in [-0.39, 0.29) is 17.7 Å². The number of carbonyl (C=O) groups is 1. The van der Waals surface area contributed by atoms with Crippen LogP contribution in [0, 0.1) is 0 Å². The first-order chi connectivity index (χ1) is 17.2. The number of anilines is 1. The molecule has 4 N–H and O–H groups in total. The minimum atomic E-state index is -4.84. The molecule has 2 heterocycles. The number of ether oxygens (including phenoxy) is 1. The molecule has 0 atom stereocenters. The number of halogens is 3. The Morgan fingerprint density at radius 2 is 1.75 bits per heavy atom. The number of carbonyl (C=O) groups excluding carboxylic acids is 1. The van der Waals surface area contributed by atoms with Crippen LogP contribution in [0.4, 0.5) is 19.1 Å². The molecular formula is C25H28F3N5O3. The SMILES string of the molecule is CCCCCCCNc1ncc(COc2ccc(-c3cc(C(N)=O)c(=O)[nH]c3C(F)(F)F)cc2)cn1. The predicted octanol–water partition coefficient (Wildman–Crippen LogP) is 4.91. The lowest BCUT2D eigenvalue weighted by Gasteiger charge is -2.14. The van der Waals surface area contributed by atoms with E-state index in [2.05, 4.69) is 22.2 Å². The van der Waals surface area contributed by atoms with E-state index < -0.39 is 28.9 Å². The van der Waals surface area contributed by atoms with Gasteiger partial charge in [-0.25, -0.2) is 9.97 Å². The number of hydrogen-bond donors (Lipinski definition) is 3. The van der Waals surface area contributed by atoms with Crippen molar-refractivity contribution in [3.05, 3.63) is 69.9 Å². The molecule has 0 aliphatic rings. The van der Waals surface area contributed by atoms with E-state index in [1.54, 1.807) is 17.4 Å². The fourth-order valence-electron chi connectivity index (χ4n) is 3.51. The second-order valence-electron chi connectivity index (χ2n) is 8.23. The molecule has 0 saturated carbocycles. The third-order valence-corrected chi connectivity index (χ3v) is 5.43.